The molecule has 2 atom stereocenters. The molecule has 2 aromatic carbocycles. The molecule has 0 saturated carbocycles. The first kappa shape index (κ1) is 23.6. The van der Waals surface area contributed by atoms with Gasteiger partial charge in [-0.15, -0.1) is 0 Å². The van der Waals surface area contributed by atoms with Crippen molar-refractivity contribution in [3.63, 3.8) is 0 Å². The predicted molar refractivity (Wildman–Crippen MR) is 137 cm³/mol. The van der Waals surface area contributed by atoms with E-state index < -0.39 is 0 Å². The van der Waals surface area contributed by atoms with Gasteiger partial charge in [0.25, 0.3) is 0 Å². The summed E-state index contributed by atoms with van der Waals surface area (Å²) in [5.74, 6) is 0.970. The third-order valence-corrected chi connectivity index (χ3v) is 6.44. The van der Waals surface area contributed by atoms with Crippen LogP contribution in [0.15, 0.2) is 60.7 Å². The van der Waals surface area contributed by atoms with Crippen molar-refractivity contribution in [3.05, 3.63) is 83.2 Å². The first-order valence-corrected chi connectivity index (χ1v) is 11.7. The minimum Gasteiger partial charge on any atom is -0.497 e. The standard InChI is InChI=1S/C28H34N4O2/c1-18-26(19(2)32(31-18)24-13-8-21(9-14-24)28(3,4)5)20-7-10-23(17-20)30-27(33)29-22-11-15-25(34-6)16-12-22/h7-16,20,23H,17H2,1-6H3,(H2,29,30,33). The fourth-order valence-electron chi connectivity index (χ4n) is 4.58. The highest BCUT2D eigenvalue weighted by Crippen LogP contribution is 2.34. The second kappa shape index (κ2) is 9.37. The number of urea groups is 1. The monoisotopic (exact) mass is 458 g/mol. The molecule has 0 aliphatic heterocycles. The Hall–Kier alpha value is -3.54. The van der Waals surface area contributed by atoms with Crippen LogP contribution in [0.5, 0.6) is 5.75 Å². The molecule has 178 valence electrons. The van der Waals surface area contributed by atoms with Crippen LogP contribution in [0.2, 0.25) is 0 Å². The third-order valence-electron chi connectivity index (χ3n) is 6.44. The molecule has 0 bridgehead atoms. The molecule has 1 aromatic heterocycles. The number of carbonyl (C=O) groups excluding carboxylic acids is 1. The molecule has 2 N–H and O–H groups in total. The molecule has 34 heavy (non-hydrogen) atoms. The van der Waals surface area contributed by atoms with Gasteiger partial charge in [0.2, 0.25) is 0 Å². The van der Waals surface area contributed by atoms with Crippen molar-refractivity contribution in [1.82, 2.24) is 15.1 Å². The van der Waals surface area contributed by atoms with Gasteiger partial charge in [-0.3, -0.25) is 0 Å². The number of hydrogen-bond acceptors (Lipinski definition) is 3. The predicted octanol–water partition coefficient (Wildman–Crippen LogP) is 6.03. The van der Waals surface area contributed by atoms with Crippen LogP contribution in [0.25, 0.3) is 5.69 Å². The molecule has 1 aliphatic carbocycles. The number of carbonyl (C=O) groups is 1. The number of allylic oxidation sites excluding steroid dienone is 1. The van der Waals surface area contributed by atoms with Gasteiger partial charge >= 0.3 is 6.03 Å². The van der Waals surface area contributed by atoms with E-state index >= 15 is 0 Å². The molecule has 1 heterocycles. The molecule has 2 unspecified atom stereocenters. The normalized spacial score (nSPS) is 17.6. The van der Waals surface area contributed by atoms with Gasteiger partial charge in [0.05, 0.1) is 18.5 Å². The zero-order valence-electron chi connectivity index (χ0n) is 20.8. The Balaban J connectivity index is 1.42. The molecule has 6 heteroatoms. The number of hydrogen-bond donors (Lipinski definition) is 2. The highest BCUT2D eigenvalue weighted by molar-refractivity contribution is 5.89. The molecule has 0 fully saturated rings. The summed E-state index contributed by atoms with van der Waals surface area (Å²) in [6, 6.07) is 15.7. The van der Waals surface area contributed by atoms with Crippen LogP contribution in [0.3, 0.4) is 0 Å². The molecule has 0 radical (unpaired) electrons. The molecule has 2 amide bonds. The van der Waals surface area contributed by atoms with E-state index in [4.69, 9.17) is 9.84 Å². The van der Waals surface area contributed by atoms with Crippen LogP contribution >= 0.6 is 0 Å². The van der Waals surface area contributed by atoms with Crippen LogP contribution in [-0.2, 0) is 5.41 Å². The molecule has 1 aliphatic rings. The maximum atomic E-state index is 12.5. The topological polar surface area (TPSA) is 68.2 Å². The summed E-state index contributed by atoms with van der Waals surface area (Å²) < 4.78 is 7.19. The first-order valence-electron chi connectivity index (χ1n) is 11.7. The number of aryl methyl sites for hydroxylation is 1. The Bertz CT molecular complexity index is 1180. The number of rotatable bonds is 5. The summed E-state index contributed by atoms with van der Waals surface area (Å²) in [5.41, 5.74) is 6.61. The highest BCUT2D eigenvalue weighted by atomic mass is 16.5. The van der Waals surface area contributed by atoms with Crippen molar-refractivity contribution >= 4 is 11.7 Å². The summed E-state index contributed by atoms with van der Waals surface area (Å²) >= 11 is 0. The first-order chi connectivity index (χ1) is 16.2. The van der Waals surface area contributed by atoms with Crippen molar-refractivity contribution < 1.29 is 9.53 Å². The lowest BCUT2D eigenvalue weighted by Gasteiger charge is -2.19. The Labute approximate surface area is 202 Å². The van der Waals surface area contributed by atoms with Gasteiger partial charge in [0.1, 0.15) is 5.75 Å². The summed E-state index contributed by atoms with van der Waals surface area (Å²) in [4.78, 5) is 12.5. The number of benzene rings is 2. The van der Waals surface area contributed by atoms with Crippen LogP contribution < -0.4 is 15.4 Å². The maximum Gasteiger partial charge on any atom is 0.319 e. The second-order valence-electron chi connectivity index (χ2n) is 9.95. The van der Waals surface area contributed by atoms with Crippen LogP contribution in [-0.4, -0.2) is 29.0 Å². The van der Waals surface area contributed by atoms with E-state index in [1.54, 1.807) is 7.11 Å². The minimum absolute atomic E-state index is 0.0310. The lowest BCUT2D eigenvalue weighted by Crippen LogP contribution is -2.36. The Morgan fingerprint density at radius 1 is 1.03 bits per heavy atom. The lowest BCUT2D eigenvalue weighted by atomic mass is 9.87. The van der Waals surface area contributed by atoms with Gasteiger partial charge < -0.3 is 15.4 Å². The molecule has 6 nitrogen and oxygen atoms in total. The number of methoxy groups -OCH3 is 1. The van der Waals surface area contributed by atoms with Gasteiger partial charge in [0.15, 0.2) is 0 Å². The lowest BCUT2D eigenvalue weighted by molar-refractivity contribution is 0.250. The fraction of sp³-hybridized carbons (Fsp3) is 0.357. The SMILES string of the molecule is COc1ccc(NC(=O)NC2C=CC(c3c(C)nn(-c4ccc(C(C)(C)C)cc4)c3C)C2)cc1. The molecule has 4 rings (SSSR count). The van der Waals surface area contributed by atoms with Crippen molar-refractivity contribution in [2.24, 2.45) is 0 Å². The molecule has 0 spiro atoms. The van der Waals surface area contributed by atoms with Crippen molar-refractivity contribution in [1.29, 1.82) is 0 Å². The molecular formula is C28H34N4O2. The van der Waals surface area contributed by atoms with E-state index in [1.165, 1.54) is 11.1 Å². The summed E-state index contributed by atoms with van der Waals surface area (Å²) in [5, 5.41) is 10.8. The minimum atomic E-state index is -0.219. The van der Waals surface area contributed by atoms with Crippen LogP contribution in [0.4, 0.5) is 10.5 Å². The van der Waals surface area contributed by atoms with Gasteiger partial charge in [-0.2, -0.15) is 5.10 Å². The zero-order valence-corrected chi connectivity index (χ0v) is 20.8. The zero-order chi connectivity index (χ0) is 24.5. The van der Waals surface area contributed by atoms with Gasteiger partial charge in [-0.1, -0.05) is 45.1 Å². The number of nitrogens with one attached hydrogen (secondary N) is 2. The van der Waals surface area contributed by atoms with Crippen LogP contribution in [0, 0.1) is 13.8 Å². The quantitative estimate of drug-likeness (QED) is 0.459. The van der Waals surface area contributed by atoms with E-state index in [9.17, 15) is 4.79 Å². The van der Waals surface area contributed by atoms with Gasteiger partial charge in [-0.25, -0.2) is 9.48 Å². The summed E-state index contributed by atoms with van der Waals surface area (Å²) in [6.45, 7) is 10.8. The Kier molecular flexibility index (Phi) is 6.51. The summed E-state index contributed by atoms with van der Waals surface area (Å²) in [6.07, 6.45) is 5.07. The average Bonchev–Trinajstić information content (AvgIpc) is 3.36. The molecule has 3 aromatic rings. The van der Waals surface area contributed by atoms with E-state index in [-0.39, 0.29) is 23.4 Å². The van der Waals surface area contributed by atoms with Crippen molar-refractivity contribution in [3.8, 4) is 11.4 Å². The summed E-state index contributed by atoms with van der Waals surface area (Å²) in [7, 11) is 1.62. The smallest absolute Gasteiger partial charge is 0.319 e. The average molecular weight is 459 g/mol. The number of nitrogens with zero attached hydrogens (tertiary/aromatic N) is 2. The largest absolute Gasteiger partial charge is 0.497 e. The number of ether oxygens (including phenoxy) is 1. The number of aromatic nitrogens is 2. The second-order valence-corrected chi connectivity index (χ2v) is 9.95. The van der Waals surface area contributed by atoms with E-state index in [0.29, 0.717) is 0 Å². The van der Waals surface area contributed by atoms with E-state index in [1.807, 2.05) is 28.9 Å². The third kappa shape index (κ3) is 5.01. The Morgan fingerprint density at radius 3 is 2.32 bits per heavy atom. The van der Waals surface area contributed by atoms with Gasteiger partial charge in [-0.05, 0) is 67.6 Å². The molecular weight excluding hydrogens is 424 g/mol. The maximum absolute atomic E-state index is 12.5. The highest BCUT2D eigenvalue weighted by Gasteiger charge is 2.27. The van der Waals surface area contributed by atoms with Gasteiger partial charge in [0, 0.05) is 28.9 Å². The van der Waals surface area contributed by atoms with Crippen molar-refractivity contribution in [2.75, 3.05) is 12.4 Å². The molecule has 0 saturated heterocycles. The van der Waals surface area contributed by atoms with Crippen molar-refractivity contribution in [2.45, 2.75) is 58.4 Å². The van der Waals surface area contributed by atoms with E-state index in [0.717, 1.165) is 34.9 Å². The Morgan fingerprint density at radius 2 is 1.71 bits per heavy atom. The van der Waals surface area contributed by atoms with Crippen LogP contribution in [0.1, 0.15) is 55.6 Å². The number of anilines is 1. The fourth-order valence-corrected chi connectivity index (χ4v) is 4.58. The number of amides is 2. The van der Waals surface area contributed by atoms with E-state index in [2.05, 4.69) is 81.7 Å².